The summed E-state index contributed by atoms with van der Waals surface area (Å²) < 4.78 is 16.6. The molecule has 6 nitrogen and oxygen atoms in total. The van der Waals surface area contributed by atoms with Gasteiger partial charge < -0.3 is 19.2 Å². The van der Waals surface area contributed by atoms with Crippen molar-refractivity contribution in [2.75, 3.05) is 13.9 Å². The fraction of sp³-hybridized carbons (Fsp3) is 0.583. The van der Waals surface area contributed by atoms with Crippen molar-refractivity contribution in [1.82, 2.24) is 9.97 Å². The van der Waals surface area contributed by atoms with Crippen molar-refractivity contribution in [1.29, 1.82) is 0 Å². The van der Waals surface area contributed by atoms with Crippen molar-refractivity contribution in [2.24, 2.45) is 29.1 Å². The lowest BCUT2D eigenvalue weighted by molar-refractivity contribution is -0.0552. The van der Waals surface area contributed by atoms with Gasteiger partial charge in [0, 0.05) is 30.8 Å². The molecule has 0 bridgehead atoms. The third-order valence-corrected chi connectivity index (χ3v) is 7.94. The summed E-state index contributed by atoms with van der Waals surface area (Å²) in [6.45, 7) is 2.62. The Hall–Kier alpha value is -2.34. The lowest BCUT2D eigenvalue weighted by atomic mass is 9.54. The molecule has 1 aromatic heterocycles. The molecule has 5 rings (SSSR count). The van der Waals surface area contributed by atoms with E-state index in [4.69, 9.17) is 14.2 Å². The molecule has 1 heterocycles. The maximum absolute atomic E-state index is 12.5. The summed E-state index contributed by atoms with van der Waals surface area (Å²) in [7, 11) is 1.64. The van der Waals surface area contributed by atoms with Crippen LogP contribution in [0.5, 0.6) is 0 Å². The van der Waals surface area contributed by atoms with E-state index in [0.29, 0.717) is 29.5 Å². The van der Waals surface area contributed by atoms with E-state index in [-0.39, 0.29) is 24.3 Å². The predicted octanol–water partition coefficient (Wildman–Crippen LogP) is 4.40. The van der Waals surface area contributed by atoms with Crippen LogP contribution in [0.4, 0.5) is 0 Å². The molecule has 4 aliphatic rings. The Balaban J connectivity index is 1.32. The predicted molar refractivity (Wildman–Crippen MR) is 111 cm³/mol. The molecule has 0 saturated heterocycles. The summed E-state index contributed by atoms with van der Waals surface area (Å²) >= 11 is 0. The lowest BCUT2D eigenvalue weighted by Gasteiger charge is -2.51. The first-order chi connectivity index (χ1) is 14.6. The van der Waals surface area contributed by atoms with Gasteiger partial charge in [0.05, 0.1) is 0 Å². The van der Waals surface area contributed by atoms with E-state index in [0.717, 1.165) is 31.4 Å². The Morgan fingerprint density at radius 2 is 2.20 bits per heavy atom. The molecule has 4 aliphatic carbocycles. The molecule has 30 heavy (non-hydrogen) atoms. The van der Waals surface area contributed by atoms with E-state index >= 15 is 0 Å². The van der Waals surface area contributed by atoms with Gasteiger partial charge in [0.2, 0.25) is 5.82 Å². The highest BCUT2D eigenvalue weighted by molar-refractivity contribution is 5.85. The zero-order chi connectivity index (χ0) is 20.7. The first kappa shape index (κ1) is 19.6. The van der Waals surface area contributed by atoms with Crippen molar-refractivity contribution >= 4 is 5.97 Å². The van der Waals surface area contributed by atoms with E-state index in [1.807, 2.05) is 0 Å². The lowest BCUT2D eigenvalue weighted by Crippen LogP contribution is -2.47. The quantitative estimate of drug-likeness (QED) is 0.575. The van der Waals surface area contributed by atoms with Crippen molar-refractivity contribution < 1.29 is 19.0 Å². The summed E-state index contributed by atoms with van der Waals surface area (Å²) in [6, 6.07) is 0. The maximum Gasteiger partial charge on any atom is 0.374 e. The summed E-state index contributed by atoms with van der Waals surface area (Å²) in [4.78, 5) is 19.4. The van der Waals surface area contributed by atoms with Gasteiger partial charge in [-0.05, 0) is 67.6 Å². The number of hydrogen-bond acceptors (Lipinski definition) is 5. The molecule has 1 N–H and O–H groups in total. The van der Waals surface area contributed by atoms with Crippen molar-refractivity contribution in [3.8, 4) is 0 Å². The van der Waals surface area contributed by atoms with Crippen LogP contribution in [0.2, 0.25) is 0 Å². The molecule has 0 amide bonds. The molecular weight excluding hydrogens is 380 g/mol. The van der Waals surface area contributed by atoms with Gasteiger partial charge in [0.25, 0.3) is 0 Å². The zero-order valence-electron chi connectivity index (χ0n) is 17.7. The van der Waals surface area contributed by atoms with Gasteiger partial charge in [-0.25, -0.2) is 9.78 Å². The highest BCUT2D eigenvalue weighted by atomic mass is 16.7. The average Bonchev–Trinajstić information content (AvgIpc) is 3.40. The molecule has 0 unspecified atom stereocenters. The van der Waals surface area contributed by atoms with Crippen molar-refractivity contribution in [3.05, 3.63) is 53.9 Å². The zero-order valence-corrected chi connectivity index (χ0v) is 17.7. The average molecular weight is 411 g/mol. The Bertz CT molecular complexity index is 887. The number of methoxy groups -OCH3 is 1. The standard InChI is InChI=1S/C24H30N2O4/c1-24-10-9-18-17-6-4-16(29-14-28-2)13-15(17)3-5-19(18)20(24)7-8-21(24)30-23(27)22-25-11-12-26-22/h3-4,6,11-13,17-21H,5,7-10,14H2,1-2H3,(H,25,26)/t17-,18+,19+,20-,21-,24-/m0/s1. The van der Waals surface area contributed by atoms with Gasteiger partial charge in [-0.3, -0.25) is 0 Å². The molecule has 0 radical (unpaired) electrons. The summed E-state index contributed by atoms with van der Waals surface area (Å²) in [5, 5.41) is 0. The van der Waals surface area contributed by atoms with Gasteiger partial charge in [-0.15, -0.1) is 0 Å². The molecule has 160 valence electrons. The third kappa shape index (κ3) is 3.22. The normalized spacial score (nSPS) is 36.8. The topological polar surface area (TPSA) is 73.4 Å². The number of nitrogens with zero attached hydrogens (tertiary/aromatic N) is 1. The van der Waals surface area contributed by atoms with Gasteiger partial charge in [0.1, 0.15) is 11.9 Å². The molecule has 0 aliphatic heterocycles. The SMILES string of the molecule is COCOC1=CC2=CC[C@@H]3[C@H](CC[C@]4(C)[C@@H](OC(=O)c5ncc[nH]5)CC[C@@H]34)[C@H]2C=C1. The number of esters is 1. The maximum atomic E-state index is 12.5. The fourth-order valence-corrected chi connectivity index (χ4v) is 6.50. The largest absolute Gasteiger partial charge is 0.468 e. The van der Waals surface area contributed by atoms with Gasteiger partial charge in [0.15, 0.2) is 6.79 Å². The first-order valence-electron chi connectivity index (χ1n) is 11.0. The van der Waals surface area contributed by atoms with E-state index in [1.54, 1.807) is 19.5 Å². The number of aromatic amines is 1. The number of hydrogen-bond donors (Lipinski definition) is 1. The third-order valence-electron chi connectivity index (χ3n) is 7.94. The summed E-state index contributed by atoms with van der Waals surface area (Å²) in [5.74, 6) is 3.20. The molecule has 6 heteroatoms. The number of fused-ring (bicyclic) bond motifs is 5. The van der Waals surface area contributed by atoms with Gasteiger partial charge in [-0.2, -0.15) is 0 Å². The van der Waals surface area contributed by atoms with E-state index in [2.05, 4.69) is 41.2 Å². The highest BCUT2D eigenvalue weighted by Gasteiger charge is 2.57. The van der Waals surface area contributed by atoms with Crippen LogP contribution in [-0.4, -0.2) is 35.9 Å². The number of nitrogens with one attached hydrogen (secondary N) is 1. The number of aromatic nitrogens is 2. The Kier molecular flexibility index (Phi) is 5.05. The van der Waals surface area contributed by atoms with Gasteiger partial charge in [-0.1, -0.05) is 19.1 Å². The molecule has 1 aromatic rings. The second-order valence-electron chi connectivity index (χ2n) is 9.31. The van der Waals surface area contributed by atoms with Crippen LogP contribution in [0.15, 0.2) is 48.0 Å². The second-order valence-corrected chi connectivity index (χ2v) is 9.31. The first-order valence-corrected chi connectivity index (χ1v) is 11.0. The van der Waals surface area contributed by atoms with Crippen LogP contribution in [0.25, 0.3) is 0 Å². The van der Waals surface area contributed by atoms with Crippen LogP contribution in [-0.2, 0) is 14.2 Å². The van der Waals surface area contributed by atoms with Crippen LogP contribution in [0, 0.1) is 29.1 Å². The fourth-order valence-electron chi connectivity index (χ4n) is 6.50. The Morgan fingerprint density at radius 3 is 3.00 bits per heavy atom. The van der Waals surface area contributed by atoms with E-state index in [1.165, 1.54) is 12.0 Å². The molecule has 6 atom stereocenters. The second kappa shape index (κ2) is 7.73. The number of rotatable bonds is 5. The summed E-state index contributed by atoms with van der Waals surface area (Å²) in [5.41, 5.74) is 1.43. The molecule has 0 spiro atoms. The number of ether oxygens (including phenoxy) is 3. The van der Waals surface area contributed by atoms with Crippen LogP contribution >= 0.6 is 0 Å². The molecule has 2 saturated carbocycles. The summed E-state index contributed by atoms with van der Waals surface area (Å²) in [6.07, 6.45) is 17.7. The minimum Gasteiger partial charge on any atom is -0.468 e. The van der Waals surface area contributed by atoms with Gasteiger partial charge >= 0.3 is 5.97 Å². The Morgan fingerprint density at radius 1 is 1.30 bits per heavy atom. The monoisotopic (exact) mass is 410 g/mol. The molecular formula is C24H30N2O4. The minimum atomic E-state index is -0.330. The van der Waals surface area contributed by atoms with Crippen LogP contribution < -0.4 is 0 Å². The number of carbonyl (C=O) groups excluding carboxylic acids is 1. The number of H-pyrrole nitrogens is 1. The minimum absolute atomic E-state index is 0.0257. The number of carbonyl (C=O) groups is 1. The smallest absolute Gasteiger partial charge is 0.374 e. The van der Waals surface area contributed by atoms with Crippen LogP contribution in [0.1, 0.15) is 49.6 Å². The molecule has 2 fully saturated rings. The van der Waals surface area contributed by atoms with E-state index in [9.17, 15) is 4.79 Å². The molecule has 0 aromatic carbocycles. The van der Waals surface area contributed by atoms with E-state index < -0.39 is 0 Å². The number of allylic oxidation sites excluding steroid dienone is 5. The number of imidazole rings is 1. The highest BCUT2D eigenvalue weighted by Crippen LogP contribution is 2.61. The Labute approximate surface area is 177 Å². The van der Waals surface area contributed by atoms with Crippen molar-refractivity contribution in [3.63, 3.8) is 0 Å². The van der Waals surface area contributed by atoms with Crippen molar-refractivity contribution in [2.45, 2.75) is 45.1 Å². The van der Waals surface area contributed by atoms with Crippen LogP contribution in [0.3, 0.4) is 0 Å².